The molecule has 1 aromatic heterocycles. The Morgan fingerprint density at radius 3 is 2.18 bits per heavy atom. The normalized spacial score (nSPS) is 10.9. The Morgan fingerprint density at radius 2 is 1.48 bits per heavy atom. The van der Waals surface area contributed by atoms with E-state index in [4.69, 9.17) is 4.74 Å². The lowest BCUT2D eigenvalue weighted by atomic mass is 10.2. The Labute approximate surface area is 192 Å². The highest BCUT2D eigenvalue weighted by Gasteiger charge is 2.16. The summed E-state index contributed by atoms with van der Waals surface area (Å²) in [7, 11) is -3.71. The number of hydrogen-bond acceptors (Lipinski definition) is 5. The molecule has 7 nitrogen and oxygen atoms in total. The van der Waals surface area contributed by atoms with Gasteiger partial charge in [-0.05, 0) is 67.6 Å². The van der Waals surface area contributed by atoms with Gasteiger partial charge in [-0.1, -0.05) is 35.9 Å². The highest BCUT2D eigenvalue weighted by atomic mass is 32.2. The number of nitrogens with zero attached hydrogens (tertiary/aromatic N) is 1. The number of aromatic nitrogens is 1. The predicted molar refractivity (Wildman–Crippen MR) is 127 cm³/mol. The number of nitrogens with one attached hydrogen (secondary N) is 2. The number of aryl methyl sites for hydroxylation is 1. The van der Waals surface area contributed by atoms with Crippen LogP contribution in [0, 0.1) is 6.92 Å². The molecular weight excluding hydrogens is 438 g/mol. The van der Waals surface area contributed by atoms with Crippen molar-refractivity contribution in [2.75, 3.05) is 10.0 Å². The summed E-state index contributed by atoms with van der Waals surface area (Å²) in [5.74, 6) is 0.348. The van der Waals surface area contributed by atoms with Crippen molar-refractivity contribution in [1.82, 2.24) is 4.98 Å². The molecule has 8 heteroatoms. The third-order valence-corrected chi connectivity index (χ3v) is 6.10. The molecule has 33 heavy (non-hydrogen) atoms. The summed E-state index contributed by atoms with van der Waals surface area (Å²) in [6.07, 6.45) is 1.55. The number of para-hydroxylation sites is 1. The van der Waals surface area contributed by atoms with Crippen LogP contribution in [0.25, 0.3) is 0 Å². The average Bonchev–Trinajstić information content (AvgIpc) is 2.81. The van der Waals surface area contributed by atoms with Gasteiger partial charge >= 0.3 is 0 Å². The lowest BCUT2D eigenvalue weighted by Crippen LogP contribution is -2.14. The van der Waals surface area contributed by atoms with Crippen LogP contribution in [-0.4, -0.2) is 19.3 Å². The summed E-state index contributed by atoms with van der Waals surface area (Å²) in [6, 6.07) is 25.3. The molecule has 3 aromatic carbocycles. The fourth-order valence-corrected chi connectivity index (χ4v) is 4.06. The van der Waals surface area contributed by atoms with Gasteiger partial charge in [0.05, 0.1) is 4.90 Å². The quantitative estimate of drug-likeness (QED) is 0.394. The van der Waals surface area contributed by atoms with Crippen molar-refractivity contribution in [3.8, 4) is 11.6 Å². The zero-order valence-corrected chi connectivity index (χ0v) is 18.5. The monoisotopic (exact) mass is 459 g/mol. The van der Waals surface area contributed by atoms with Gasteiger partial charge in [-0.2, -0.15) is 0 Å². The molecule has 2 N–H and O–H groups in total. The lowest BCUT2D eigenvalue weighted by molar-refractivity contribution is 0.102. The van der Waals surface area contributed by atoms with E-state index < -0.39 is 15.9 Å². The third kappa shape index (κ3) is 5.55. The first-order valence-electron chi connectivity index (χ1n) is 10.1. The topological polar surface area (TPSA) is 97.4 Å². The Kier molecular flexibility index (Phi) is 6.37. The van der Waals surface area contributed by atoms with Crippen LogP contribution in [0.4, 0.5) is 11.4 Å². The lowest BCUT2D eigenvalue weighted by Gasteiger charge is -2.11. The van der Waals surface area contributed by atoms with Crippen molar-refractivity contribution in [3.05, 3.63) is 108 Å². The molecular formula is C25H21N3O4S. The summed E-state index contributed by atoms with van der Waals surface area (Å²) in [4.78, 5) is 17.1. The number of carbonyl (C=O) groups excluding carboxylic acids is 1. The average molecular weight is 460 g/mol. The maximum atomic E-state index is 12.8. The second-order valence-corrected chi connectivity index (χ2v) is 8.90. The van der Waals surface area contributed by atoms with Crippen molar-refractivity contribution in [1.29, 1.82) is 0 Å². The number of rotatable bonds is 7. The first-order chi connectivity index (χ1) is 15.9. The fraction of sp³-hybridized carbons (Fsp3) is 0.0400. The van der Waals surface area contributed by atoms with Crippen LogP contribution in [0.5, 0.6) is 11.6 Å². The molecule has 0 unspecified atom stereocenters. The van der Waals surface area contributed by atoms with E-state index in [-0.39, 0.29) is 16.3 Å². The van der Waals surface area contributed by atoms with Gasteiger partial charge in [-0.3, -0.25) is 9.52 Å². The Balaban J connectivity index is 1.45. The van der Waals surface area contributed by atoms with E-state index in [2.05, 4.69) is 15.0 Å². The molecule has 0 fully saturated rings. The first kappa shape index (κ1) is 22.0. The predicted octanol–water partition coefficient (Wildman–Crippen LogP) is 5.24. The zero-order chi connectivity index (χ0) is 23.3. The highest BCUT2D eigenvalue weighted by molar-refractivity contribution is 7.92. The minimum absolute atomic E-state index is 0.174. The van der Waals surface area contributed by atoms with Crippen LogP contribution >= 0.6 is 0 Å². The number of hydrogen-bond donors (Lipinski definition) is 2. The van der Waals surface area contributed by atoms with Gasteiger partial charge in [0.15, 0.2) is 0 Å². The maximum absolute atomic E-state index is 12.8. The smallest absolute Gasteiger partial charge is 0.261 e. The molecule has 4 rings (SSSR count). The molecule has 0 aliphatic carbocycles. The third-order valence-electron chi connectivity index (χ3n) is 4.70. The van der Waals surface area contributed by atoms with Gasteiger partial charge in [-0.25, -0.2) is 13.4 Å². The Bertz CT molecular complexity index is 1360. The van der Waals surface area contributed by atoms with Crippen LogP contribution in [0.15, 0.2) is 102 Å². The van der Waals surface area contributed by atoms with Crippen molar-refractivity contribution < 1.29 is 17.9 Å². The van der Waals surface area contributed by atoms with Crippen LogP contribution in [-0.2, 0) is 10.0 Å². The summed E-state index contributed by atoms with van der Waals surface area (Å²) in [5.41, 5.74) is 2.11. The fourth-order valence-electron chi connectivity index (χ4n) is 3.00. The minimum atomic E-state index is -3.71. The van der Waals surface area contributed by atoms with Gasteiger partial charge in [0.1, 0.15) is 11.3 Å². The first-order valence-corrected chi connectivity index (χ1v) is 11.6. The number of carbonyl (C=O) groups is 1. The van der Waals surface area contributed by atoms with Gasteiger partial charge in [0, 0.05) is 17.6 Å². The van der Waals surface area contributed by atoms with E-state index in [0.29, 0.717) is 17.1 Å². The van der Waals surface area contributed by atoms with Gasteiger partial charge < -0.3 is 10.1 Å². The van der Waals surface area contributed by atoms with Crippen LogP contribution in [0.3, 0.4) is 0 Å². The SMILES string of the molecule is Cc1ccc(S(=O)(=O)Nc2ccc(NC(=O)c3cccnc3Oc3ccccc3)cc2)cc1. The molecule has 0 bridgehead atoms. The van der Waals surface area contributed by atoms with Crippen molar-refractivity contribution >= 4 is 27.3 Å². The van der Waals surface area contributed by atoms with Crippen molar-refractivity contribution in [2.24, 2.45) is 0 Å². The van der Waals surface area contributed by atoms with Gasteiger partial charge in [0.2, 0.25) is 5.88 Å². The minimum Gasteiger partial charge on any atom is -0.438 e. The van der Waals surface area contributed by atoms with Crippen LogP contribution in [0.1, 0.15) is 15.9 Å². The summed E-state index contributed by atoms with van der Waals surface area (Å²) in [6.45, 7) is 1.89. The van der Waals surface area contributed by atoms with E-state index in [1.165, 1.54) is 0 Å². The molecule has 0 radical (unpaired) electrons. The number of amides is 1. The summed E-state index contributed by atoms with van der Waals surface area (Å²) in [5, 5.41) is 2.78. The molecule has 0 aliphatic rings. The summed E-state index contributed by atoms with van der Waals surface area (Å²) < 4.78 is 33.4. The van der Waals surface area contributed by atoms with Crippen LogP contribution in [0.2, 0.25) is 0 Å². The number of benzene rings is 3. The number of anilines is 2. The largest absolute Gasteiger partial charge is 0.438 e. The molecule has 0 aliphatic heterocycles. The zero-order valence-electron chi connectivity index (χ0n) is 17.7. The molecule has 0 saturated heterocycles. The standard InChI is InChI=1S/C25H21N3O4S/c1-18-9-15-22(16-10-18)33(30,31)28-20-13-11-19(12-14-20)27-24(29)23-8-5-17-26-25(23)32-21-6-3-2-4-7-21/h2-17,28H,1H3,(H,27,29). The van der Waals surface area contributed by atoms with E-state index in [1.807, 2.05) is 25.1 Å². The highest BCUT2D eigenvalue weighted by Crippen LogP contribution is 2.24. The molecule has 0 atom stereocenters. The van der Waals surface area contributed by atoms with E-state index in [1.54, 1.807) is 79.0 Å². The maximum Gasteiger partial charge on any atom is 0.261 e. The van der Waals surface area contributed by atoms with Gasteiger partial charge in [-0.15, -0.1) is 0 Å². The van der Waals surface area contributed by atoms with E-state index in [9.17, 15) is 13.2 Å². The second-order valence-electron chi connectivity index (χ2n) is 7.22. The summed E-state index contributed by atoms with van der Waals surface area (Å²) >= 11 is 0. The molecule has 4 aromatic rings. The molecule has 1 amide bonds. The van der Waals surface area contributed by atoms with E-state index in [0.717, 1.165) is 5.56 Å². The van der Waals surface area contributed by atoms with E-state index >= 15 is 0 Å². The number of pyridine rings is 1. The van der Waals surface area contributed by atoms with Gasteiger partial charge in [0.25, 0.3) is 15.9 Å². The second kappa shape index (κ2) is 9.54. The number of ether oxygens (including phenoxy) is 1. The molecule has 0 saturated carbocycles. The Hall–Kier alpha value is -4.17. The molecule has 166 valence electrons. The Morgan fingerprint density at radius 1 is 0.818 bits per heavy atom. The van der Waals surface area contributed by atoms with Crippen molar-refractivity contribution in [2.45, 2.75) is 11.8 Å². The number of sulfonamides is 1. The molecule has 1 heterocycles. The van der Waals surface area contributed by atoms with Crippen LogP contribution < -0.4 is 14.8 Å². The van der Waals surface area contributed by atoms with Crippen molar-refractivity contribution in [3.63, 3.8) is 0 Å². The molecule has 0 spiro atoms.